The Morgan fingerprint density at radius 1 is 0.867 bits per heavy atom. The minimum atomic E-state index is -2.12. The Balaban J connectivity index is 1.41. The molecule has 1 saturated carbocycles. The lowest BCUT2D eigenvalue weighted by Gasteiger charge is -2.50. The lowest BCUT2D eigenvalue weighted by Crippen LogP contribution is -2.60. The maximum Gasteiger partial charge on any atom is 0.258 e. The highest BCUT2D eigenvalue weighted by molar-refractivity contribution is 6.58. The third-order valence-corrected chi connectivity index (χ3v) is 11.2. The lowest BCUT2D eigenvalue weighted by molar-refractivity contribution is -0.125. The largest absolute Gasteiger partial charge is 0.508 e. The Labute approximate surface area is 271 Å². The molecule has 0 radical (unpaired) electrons. The van der Waals surface area contributed by atoms with E-state index in [2.05, 4.69) is 0 Å². The number of rotatable bonds is 4. The van der Waals surface area contributed by atoms with Gasteiger partial charge in [0.25, 0.3) is 11.8 Å². The summed E-state index contributed by atoms with van der Waals surface area (Å²) in [6.07, 6.45) is 1.75. The van der Waals surface area contributed by atoms with E-state index >= 15 is 0 Å². The van der Waals surface area contributed by atoms with Crippen LogP contribution in [0.4, 0.5) is 15.8 Å². The van der Waals surface area contributed by atoms with E-state index < -0.39 is 62.9 Å². The van der Waals surface area contributed by atoms with Gasteiger partial charge in [-0.15, -0.1) is 23.2 Å². The molecule has 1 N–H and O–H groups in total. The van der Waals surface area contributed by atoms with Gasteiger partial charge in [-0.1, -0.05) is 29.3 Å². The number of phenols is 1. The molecule has 3 fully saturated rings. The number of benzene rings is 3. The quantitative estimate of drug-likeness (QED) is 0.209. The van der Waals surface area contributed by atoms with Gasteiger partial charge in [0, 0.05) is 22.6 Å². The number of carbonyl (C=O) groups is 4. The molecule has 0 bridgehead atoms. The van der Waals surface area contributed by atoms with Crippen LogP contribution in [0.2, 0.25) is 5.02 Å². The third-order valence-electron chi connectivity index (χ3n) is 9.51. The molecule has 4 aliphatic rings. The first kappa shape index (κ1) is 29.8. The highest BCUT2D eigenvalue weighted by Gasteiger charge is 2.77. The average molecular weight is 670 g/mol. The molecule has 0 aromatic heterocycles. The molecule has 230 valence electrons. The van der Waals surface area contributed by atoms with E-state index in [-0.39, 0.29) is 30.0 Å². The van der Waals surface area contributed by atoms with Crippen LogP contribution in [0.3, 0.4) is 0 Å². The monoisotopic (exact) mass is 668 g/mol. The van der Waals surface area contributed by atoms with Crippen LogP contribution in [0.1, 0.15) is 24.3 Å². The number of halogens is 4. The van der Waals surface area contributed by atoms with E-state index in [0.29, 0.717) is 21.8 Å². The lowest BCUT2D eigenvalue weighted by atomic mass is 9.56. The number of carbonyl (C=O) groups excluding carboxylic acids is 4. The number of hydrogen-bond donors (Lipinski definition) is 1. The number of amides is 4. The second-order valence-corrected chi connectivity index (χ2v) is 13.3. The van der Waals surface area contributed by atoms with E-state index in [1.807, 2.05) is 0 Å². The van der Waals surface area contributed by atoms with E-state index in [9.17, 15) is 28.7 Å². The number of methoxy groups -OCH3 is 1. The molecule has 6 atom stereocenters. The molecule has 2 saturated heterocycles. The first-order valence-electron chi connectivity index (χ1n) is 14.1. The van der Waals surface area contributed by atoms with E-state index in [0.717, 1.165) is 21.9 Å². The predicted molar refractivity (Wildman–Crippen MR) is 165 cm³/mol. The van der Waals surface area contributed by atoms with E-state index in [1.165, 1.54) is 37.4 Å². The van der Waals surface area contributed by atoms with Crippen molar-refractivity contribution >= 4 is 69.8 Å². The van der Waals surface area contributed by atoms with Crippen LogP contribution in [0.15, 0.2) is 78.4 Å². The number of fused-ring (bicyclic) bond motifs is 4. The first-order valence-corrected chi connectivity index (χ1v) is 15.3. The fourth-order valence-corrected chi connectivity index (χ4v) is 8.58. The predicted octanol–water partition coefficient (Wildman–Crippen LogP) is 5.96. The zero-order chi connectivity index (χ0) is 32.0. The van der Waals surface area contributed by atoms with Crippen molar-refractivity contribution in [3.05, 3.63) is 94.8 Å². The second kappa shape index (κ2) is 10.3. The Morgan fingerprint density at radius 2 is 1.51 bits per heavy atom. The SMILES string of the molecule is COc1cc(O)ccc1[C@H]1C2=CC[C@@H]3C(=O)N(c4ccc(Cl)cc4)C(=O)[C@@H]3[C@@H]2C[C@@]2(Cl)C(=O)N(c3ccc(F)cc3)C(=O)[C@@]12Cl. The smallest absolute Gasteiger partial charge is 0.258 e. The van der Waals surface area contributed by atoms with Crippen LogP contribution in [0, 0.1) is 23.6 Å². The van der Waals surface area contributed by atoms with Gasteiger partial charge in [-0.3, -0.25) is 24.1 Å². The second-order valence-electron chi connectivity index (χ2n) is 11.7. The summed E-state index contributed by atoms with van der Waals surface area (Å²) < 4.78 is 19.4. The highest BCUT2D eigenvalue weighted by atomic mass is 35.5. The van der Waals surface area contributed by atoms with E-state index in [1.54, 1.807) is 30.3 Å². The molecule has 3 aromatic carbocycles. The Kier molecular flexibility index (Phi) is 6.82. The molecule has 2 aliphatic heterocycles. The maximum absolute atomic E-state index is 14.4. The summed E-state index contributed by atoms with van der Waals surface area (Å²) in [4.78, 5) is 54.4. The standard InChI is InChI=1S/C33H24Cl3FN2O6/c1-45-25-14-20(40)10-11-22(25)27-21-12-13-23-26(29(42)38(28(23)41)18-6-2-16(34)3-7-18)24(21)15-32(35)30(43)39(31(44)33(27,32)36)19-8-4-17(37)5-9-19/h2-12,14,23-24,26-27,40H,13,15H2,1H3/t23-,24+,26-,27+,32+,33-/m0/s1. The number of aromatic hydroxyl groups is 1. The minimum absolute atomic E-state index is 0.0770. The molecule has 2 aliphatic carbocycles. The minimum Gasteiger partial charge on any atom is -0.508 e. The van der Waals surface area contributed by atoms with Crippen molar-refractivity contribution in [1.82, 2.24) is 0 Å². The number of ether oxygens (including phenoxy) is 1. The van der Waals surface area contributed by atoms with Crippen molar-refractivity contribution in [3.63, 3.8) is 0 Å². The molecule has 7 rings (SSSR count). The fourth-order valence-electron chi connectivity index (χ4n) is 7.53. The molecule has 2 heterocycles. The van der Waals surface area contributed by atoms with Gasteiger partial charge in [-0.05, 0) is 73.4 Å². The van der Waals surface area contributed by atoms with Gasteiger partial charge in [-0.25, -0.2) is 9.29 Å². The zero-order valence-electron chi connectivity index (χ0n) is 23.5. The Bertz CT molecular complexity index is 1830. The van der Waals surface area contributed by atoms with Crippen LogP contribution in [0.25, 0.3) is 0 Å². The number of allylic oxidation sites excluding steroid dienone is 2. The van der Waals surface area contributed by atoms with Crippen molar-refractivity contribution in [1.29, 1.82) is 0 Å². The summed E-state index contributed by atoms with van der Waals surface area (Å²) >= 11 is 20.8. The van der Waals surface area contributed by atoms with Crippen LogP contribution in [-0.4, -0.2) is 45.6 Å². The molecule has 8 nitrogen and oxygen atoms in total. The summed E-state index contributed by atoms with van der Waals surface area (Å²) in [7, 11) is 1.38. The number of anilines is 2. The molecule has 3 aromatic rings. The van der Waals surface area contributed by atoms with Gasteiger partial charge in [-0.2, -0.15) is 0 Å². The highest BCUT2D eigenvalue weighted by Crippen LogP contribution is 2.66. The number of hydrogen-bond acceptors (Lipinski definition) is 6. The molecule has 0 unspecified atom stereocenters. The molecule has 12 heteroatoms. The average Bonchev–Trinajstić information content (AvgIpc) is 3.36. The third kappa shape index (κ3) is 4.03. The van der Waals surface area contributed by atoms with Crippen molar-refractivity contribution in [3.8, 4) is 11.5 Å². The molecular formula is C33H24Cl3FN2O6. The van der Waals surface area contributed by atoms with Crippen LogP contribution >= 0.6 is 34.8 Å². The van der Waals surface area contributed by atoms with Gasteiger partial charge in [0.15, 0.2) is 9.75 Å². The number of nitrogens with zero attached hydrogens (tertiary/aromatic N) is 2. The topological polar surface area (TPSA) is 104 Å². The normalized spacial score (nSPS) is 30.6. The zero-order valence-corrected chi connectivity index (χ0v) is 25.8. The van der Waals surface area contributed by atoms with Crippen LogP contribution < -0.4 is 14.5 Å². The molecule has 4 amide bonds. The van der Waals surface area contributed by atoms with Crippen molar-refractivity contribution in [2.75, 3.05) is 16.9 Å². The van der Waals surface area contributed by atoms with Crippen molar-refractivity contribution < 1.29 is 33.4 Å². The van der Waals surface area contributed by atoms with Crippen LogP contribution in [0.5, 0.6) is 11.5 Å². The first-order chi connectivity index (χ1) is 21.4. The maximum atomic E-state index is 14.4. The van der Waals surface area contributed by atoms with Gasteiger partial charge in [0.2, 0.25) is 11.8 Å². The van der Waals surface area contributed by atoms with Gasteiger partial charge in [0.05, 0.1) is 30.3 Å². The molecular weight excluding hydrogens is 646 g/mol. The fraction of sp³-hybridized carbons (Fsp3) is 0.273. The Hall–Kier alpha value is -3.92. The number of alkyl halides is 2. The summed E-state index contributed by atoms with van der Waals surface area (Å²) in [5.74, 6) is -6.54. The molecule has 45 heavy (non-hydrogen) atoms. The molecule has 0 spiro atoms. The van der Waals surface area contributed by atoms with Crippen molar-refractivity contribution in [2.24, 2.45) is 17.8 Å². The summed E-state index contributed by atoms with van der Waals surface area (Å²) in [6, 6.07) is 15.4. The summed E-state index contributed by atoms with van der Waals surface area (Å²) in [5.41, 5.74) is 1.36. The number of phenolic OH excluding ortho intramolecular Hbond substituents is 1. The van der Waals surface area contributed by atoms with E-state index in [4.69, 9.17) is 39.5 Å². The van der Waals surface area contributed by atoms with Gasteiger partial charge >= 0.3 is 0 Å². The van der Waals surface area contributed by atoms with Crippen molar-refractivity contribution in [2.45, 2.75) is 28.5 Å². The summed E-state index contributed by atoms with van der Waals surface area (Å²) in [5, 5.41) is 10.7. The summed E-state index contributed by atoms with van der Waals surface area (Å²) in [6.45, 7) is 0. The Morgan fingerprint density at radius 3 is 2.18 bits per heavy atom. The van der Waals surface area contributed by atoms with Gasteiger partial charge in [0.1, 0.15) is 17.3 Å². The van der Waals surface area contributed by atoms with Crippen LogP contribution in [-0.2, 0) is 19.2 Å². The van der Waals surface area contributed by atoms with Gasteiger partial charge < -0.3 is 9.84 Å². The number of imide groups is 2.